The molecule has 0 aromatic heterocycles. The smallest absolute Gasteiger partial charge is 0.251 e. The first-order valence-electron chi connectivity index (χ1n) is 8.18. The Morgan fingerprint density at radius 3 is 2.61 bits per heavy atom. The standard InChI is InChI=1S/C19H24N2O2/c1-20(23-2)19(22)17-13-21(14-17)18(15-9-5-3-6-10-15)16-11-7-4-8-12-16/h3,5-7,9-12,17-18H,4,8,13-14H2,1-2H3. The Bertz CT molecular complexity index is 603. The summed E-state index contributed by atoms with van der Waals surface area (Å²) in [5, 5.41) is 1.33. The van der Waals surface area contributed by atoms with Gasteiger partial charge in [0.25, 0.3) is 5.91 Å². The highest BCUT2D eigenvalue weighted by Gasteiger charge is 2.39. The van der Waals surface area contributed by atoms with Crippen LogP contribution in [-0.2, 0) is 9.63 Å². The number of carbonyl (C=O) groups excluding carboxylic acids is 1. The summed E-state index contributed by atoms with van der Waals surface area (Å²) in [7, 11) is 3.20. The van der Waals surface area contributed by atoms with E-state index in [0.29, 0.717) is 0 Å². The van der Waals surface area contributed by atoms with E-state index in [1.165, 1.54) is 23.3 Å². The molecule has 1 unspecified atom stereocenters. The molecule has 1 saturated heterocycles. The molecule has 1 aromatic rings. The van der Waals surface area contributed by atoms with Crippen molar-refractivity contribution in [2.75, 3.05) is 27.2 Å². The minimum Gasteiger partial charge on any atom is -0.291 e. The monoisotopic (exact) mass is 312 g/mol. The highest BCUT2D eigenvalue weighted by Crippen LogP contribution is 2.36. The fourth-order valence-corrected chi connectivity index (χ4v) is 3.31. The van der Waals surface area contributed by atoms with Crippen LogP contribution in [0.25, 0.3) is 0 Å². The van der Waals surface area contributed by atoms with Crippen molar-refractivity contribution in [2.45, 2.75) is 18.9 Å². The van der Waals surface area contributed by atoms with Crippen LogP contribution in [-0.4, -0.2) is 43.1 Å². The Kier molecular flexibility index (Phi) is 4.94. The minimum absolute atomic E-state index is 0.0272. The normalized spacial score (nSPS) is 19.8. The van der Waals surface area contributed by atoms with Crippen molar-refractivity contribution in [3.05, 3.63) is 59.7 Å². The highest BCUT2D eigenvalue weighted by molar-refractivity contribution is 5.79. The van der Waals surface area contributed by atoms with E-state index in [1.54, 1.807) is 7.05 Å². The van der Waals surface area contributed by atoms with Crippen LogP contribution >= 0.6 is 0 Å². The summed E-state index contributed by atoms with van der Waals surface area (Å²) < 4.78 is 0. The van der Waals surface area contributed by atoms with E-state index in [4.69, 9.17) is 4.84 Å². The predicted octanol–water partition coefficient (Wildman–Crippen LogP) is 2.96. The number of carbonyl (C=O) groups is 1. The Morgan fingerprint density at radius 2 is 2.00 bits per heavy atom. The van der Waals surface area contributed by atoms with E-state index in [9.17, 15) is 4.79 Å². The lowest BCUT2D eigenvalue weighted by Gasteiger charge is -2.45. The maximum Gasteiger partial charge on any atom is 0.251 e. The fraction of sp³-hybridized carbons (Fsp3) is 0.421. The second kappa shape index (κ2) is 7.11. The Labute approximate surface area is 138 Å². The second-order valence-corrected chi connectivity index (χ2v) is 6.17. The van der Waals surface area contributed by atoms with E-state index < -0.39 is 0 Å². The number of allylic oxidation sites excluding steroid dienone is 2. The van der Waals surface area contributed by atoms with Gasteiger partial charge in [-0.15, -0.1) is 0 Å². The van der Waals surface area contributed by atoms with Crippen LogP contribution in [0.5, 0.6) is 0 Å². The molecule has 4 heteroatoms. The molecule has 0 radical (unpaired) electrons. The molecule has 2 aliphatic rings. The van der Waals surface area contributed by atoms with E-state index >= 15 is 0 Å². The maximum atomic E-state index is 12.2. The van der Waals surface area contributed by atoms with Crippen LogP contribution in [0.1, 0.15) is 24.4 Å². The average molecular weight is 312 g/mol. The van der Waals surface area contributed by atoms with Crippen molar-refractivity contribution < 1.29 is 9.63 Å². The quantitative estimate of drug-likeness (QED) is 0.784. The van der Waals surface area contributed by atoms with Gasteiger partial charge in [-0.2, -0.15) is 0 Å². The summed E-state index contributed by atoms with van der Waals surface area (Å²) in [6.07, 6.45) is 9.01. The zero-order chi connectivity index (χ0) is 16.2. The Morgan fingerprint density at radius 1 is 1.26 bits per heavy atom. The third kappa shape index (κ3) is 3.38. The molecule has 0 N–H and O–H groups in total. The van der Waals surface area contributed by atoms with Gasteiger partial charge in [-0.25, -0.2) is 5.06 Å². The second-order valence-electron chi connectivity index (χ2n) is 6.17. The number of likely N-dealkylation sites (tertiary alicyclic amines) is 1. The summed E-state index contributed by atoms with van der Waals surface area (Å²) in [5.74, 6) is 0.0862. The van der Waals surface area contributed by atoms with Crippen LogP contribution in [0.3, 0.4) is 0 Å². The number of hydroxylamine groups is 2. The van der Waals surface area contributed by atoms with Crippen LogP contribution in [0.15, 0.2) is 54.1 Å². The largest absolute Gasteiger partial charge is 0.291 e. The first kappa shape index (κ1) is 16.0. The molecule has 0 bridgehead atoms. The van der Waals surface area contributed by atoms with Crippen molar-refractivity contribution in [3.63, 3.8) is 0 Å². The topological polar surface area (TPSA) is 32.8 Å². The molecule has 4 nitrogen and oxygen atoms in total. The van der Waals surface area contributed by atoms with Gasteiger partial charge in [-0.05, 0) is 24.0 Å². The van der Waals surface area contributed by atoms with Crippen molar-refractivity contribution >= 4 is 5.91 Å². The average Bonchev–Trinajstić information content (AvgIpc) is 2.58. The molecule has 0 saturated carbocycles. The summed E-state index contributed by atoms with van der Waals surface area (Å²) in [6, 6.07) is 10.8. The van der Waals surface area contributed by atoms with Crippen molar-refractivity contribution in [1.82, 2.24) is 9.96 Å². The zero-order valence-corrected chi connectivity index (χ0v) is 13.8. The van der Waals surface area contributed by atoms with Crippen LogP contribution in [0.2, 0.25) is 0 Å². The number of nitrogens with zero attached hydrogens (tertiary/aromatic N) is 2. The lowest BCUT2D eigenvalue weighted by atomic mass is 9.87. The molecule has 1 amide bonds. The van der Waals surface area contributed by atoms with E-state index in [-0.39, 0.29) is 17.9 Å². The Hall–Kier alpha value is -1.91. The van der Waals surface area contributed by atoms with E-state index in [2.05, 4.69) is 47.4 Å². The molecule has 1 heterocycles. The van der Waals surface area contributed by atoms with Gasteiger partial charge in [-0.3, -0.25) is 14.5 Å². The summed E-state index contributed by atoms with van der Waals surface area (Å²) in [6.45, 7) is 1.55. The van der Waals surface area contributed by atoms with Crippen molar-refractivity contribution in [3.8, 4) is 0 Å². The molecule has 3 rings (SSSR count). The highest BCUT2D eigenvalue weighted by atomic mass is 16.7. The number of amides is 1. The SMILES string of the molecule is CON(C)C(=O)C1CN(C(C2=CCCC=C2)c2ccccc2)C1. The molecular weight excluding hydrogens is 288 g/mol. The number of benzene rings is 1. The number of hydrogen-bond acceptors (Lipinski definition) is 3. The third-order valence-electron chi connectivity index (χ3n) is 4.66. The van der Waals surface area contributed by atoms with Gasteiger partial charge >= 0.3 is 0 Å². The lowest BCUT2D eigenvalue weighted by molar-refractivity contribution is -0.179. The molecule has 1 aromatic carbocycles. The first-order valence-corrected chi connectivity index (χ1v) is 8.18. The van der Waals surface area contributed by atoms with Gasteiger partial charge in [0.1, 0.15) is 0 Å². The van der Waals surface area contributed by atoms with Crippen LogP contribution < -0.4 is 0 Å². The Balaban J connectivity index is 1.75. The molecule has 23 heavy (non-hydrogen) atoms. The molecule has 1 atom stereocenters. The van der Waals surface area contributed by atoms with Crippen LogP contribution in [0, 0.1) is 5.92 Å². The van der Waals surface area contributed by atoms with Gasteiger partial charge < -0.3 is 0 Å². The molecule has 1 fully saturated rings. The minimum atomic E-state index is 0.0272. The number of rotatable bonds is 5. The third-order valence-corrected chi connectivity index (χ3v) is 4.66. The van der Waals surface area contributed by atoms with Gasteiger partial charge in [0, 0.05) is 20.1 Å². The summed E-state index contributed by atoms with van der Waals surface area (Å²) in [5.41, 5.74) is 2.63. The van der Waals surface area contributed by atoms with Crippen molar-refractivity contribution in [1.29, 1.82) is 0 Å². The summed E-state index contributed by atoms with van der Waals surface area (Å²) in [4.78, 5) is 19.6. The predicted molar refractivity (Wildman–Crippen MR) is 90.5 cm³/mol. The molecular formula is C19H24N2O2. The van der Waals surface area contributed by atoms with Gasteiger partial charge in [0.15, 0.2) is 0 Å². The molecule has 1 aliphatic heterocycles. The lowest BCUT2D eigenvalue weighted by Crippen LogP contribution is -2.55. The van der Waals surface area contributed by atoms with E-state index in [0.717, 1.165) is 25.9 Å². The van der Waals surface area contributed by atoms with Gasteiger partial charge in [0.05, 0.1) is 19.1 Å². The number of hydrogen-bond donors (Lipinski definition) is 0. The van der Waals surface area contributed by atoms with Crippen LogP contribution in [0.4, 0.5) is 0 Å². The van der Waals surface area contributed by atoms with Gasteiger partial charge in [0.2, 0.25) is 0 Å². The van der Waals surface area contributed by atoms with Crippen molar-refractivity contribution in [2.24, 2.45) is 5.92 Å². The van der Waals surface area contributed by atoms with E-state index in [1.807, 2.05) is 6.07 Å². The maximum absolute atomic E-state index is 12.2. The molecule has 1 aliphatic carbocycles. The summed E-state index contributed by atoms with van der Waals surface area (Å²) >= 11 is 0. The first-order chi connectivity index (χ1) is 11.2. The zero-order valence-electron chi connectivity index (χ0n) is 13.8. The van der Waals surface area contributed by atoms with Gasteiger partial charge in [-0.1, -0.05) is 48.6 Å². The molecule has 0 spiro atoms. The fourth-order valence-electron chi connectivity index (χ4n) is 3.31. The molecule has 122 valence electrons.